The van der Waals surface area contributed by atoms with Crippen molar-refractivity contribution in [1.29, 1.82) is 0 Å². The van der Waals surface area contributed by atoms with E-state index in [1.807, 2.05) is 13.8 Å². The topological polar surface area (TPSA) is 102 Å². The highest BCUT2D eigenvalue weighted by Gasteiger charge is 2.37. The Morgan fingerprint density at radius 3 is 2.53 bits per heavy atom. The lowest BCUT2D eigenvalue weighted by molar-refractivity contribution is -0.150. The summed E-state index contributed by atoms with van der Waals surface area (Å²) in [6.07, 6.45) is 3.93. The maximum Gasteiger partial charge on any atom is 0.326 e. The molecule has 2 saturated heterocycles. The zero-order chi connectivity index (χ0) is 24.7. The monoisotopic (exact) mass is 490 g/mol. The average Bonchev–Trinajstić information content (AvgIpc) is 3.43. The standard InChI is InChI=1S/C24H30N2O7S/c1-4-16(3)33-22(28)14-26-23(29)20(34-24(26)30)13-17-8-9-18(19(12-17)31-5-2)32-15-21(27)25-10-6-7-11-25/h8-9,12-13,16H,4-7,10-11,14-15H2,1-3H3/b20-13-/t16-/m1/s1. The highest BCUT2D eigenvalue weighted by molar-refractivity contribution is 8.18. The van der Waals surface area contributed by atoms with E-state index in [4.69, 9.17) is 14.2 Å². The molecule has 10 heteroatoms. The van der Waals surface area contributed by atoms with Gasteiger partial charge in [-0.25, -0.2) is 0 Å². The van der Waals surface area contributed by atoms with Gasteiger partial charge in [0.05, 0.1) is 17.6 Å². The van der Waals surface area contributed by atoms with Gasteiger partial charge in [0.1, 0.15) is 6.54 Å². The van der Waals surface area contributed by atoms with Gasteiger partial charge in [0.25, 0.3) is 17.1 Å². The second-order valence-corrected chi connectivity index (χ2v) is 8.99. The fraction of sp³-hybridized carbons (Fsp3) is 0.500. The fourth-order valence-electron chi connectivity index (χ4n) is 3.46. The van der Waals surface area contributed by atoms with Gasteiger partial charge in [-0.05, 0) is 68.6 Å². The molecule has 0 bridgehead atoms. The van der Waals surface area contributed by atoms with E-state index in [0.717, 1.165) is 42.6 Å². The first-order valence-electron chi connectivity index (χ1n) is 11.4. The summed E-state index contributed by atoms with van der Waals surface area (Å²) in [7, 11) is 0. The van der Waals surface area contributed by atoms with Crippen molar-refractivity contribution in [1.82, 2.24) is 9.80 Å². The number of carbonyl (C=O) groups excluding carboxylic acids is 4. The second kappa shape index (κ2) is 11.9. The number of hydrogen-bond acceptors (Lipinski definition) is 8. The lowest BCUT2D eigenvalue weighted by Crippen LogP contribution is -2.35. The molecule has 2 aliphatic rings. The van der Waals surface area contributed by atoms with Gasteiger partial charge in [0.15, 0.2) is 18.1 Å². The zero-order valence-electron chi connectivity index (χ0n) is 19.7. The van der Waals surface area contributed by atoms with Crippen molar-refractivity contribution in [3.8, 4) is 11.5 Å². The predicted octanol–water partition coefficient (Wildman–Crippen LogP) is 3.46. The summed E-state index contributed by atoms with van der Waals surface area (Å²) in [6.45, 7) is 6.84. The third-order valence-electron chi connectivity index (χ3n) is 5.44. The molecule has 9 nitrogen and oxygen atoms in total. The first-order valence-corrected chi connectivity index (χ1v) is 12.3. The van der Waals surface area contributed by atoms with Gasteiger partial charge < -0.3 is 19.1 Å². The van der Waals surface area contributed by atoms with E-state index in [2.05, 4.69) is 0 Å². The van der Waals surface area contributed by atoms with Crippen LogP contribution < -0.4 is 9.47 Å². The average molecular weight is 491 g/mol. The van der Waals surface area contributed by atoms with Crippen LogP contribution in [0.1, 0.15) is 45.6 Å². The molecule has 1 aromatic carbocycles. The third kappa shape index (κ3) is 6.53. The summed E-state index contributed by atoms with van der Waals surface area (Å²) in [5.41, 5.74) is 0.620. The number of amides is 3. The van der Waals surface area contributed by atoms with Gasteiger partial charge in [-0.15, -0.1) is 0 Å². The Morgan fingerprint density at radius 1 is 1.12 bits per heavy atom. The molecule has 0 unspecified atom stereocenters. The van der Waals surface area contributed by atoms with Crippen LogP contribution in [0.4, 0.5) is 4.79 Å². The van der Waals surface area contributed by atoms with E-state index in [1.165, 1.54) is 0 Å². The third-order valence-corrected chi connectivity index (χ3v) is 6.35. The highest BCUT2D eigenvalue weighted by Crippen LogP contribution is 2.34. The van der Waals surface area contributed by atoms with Gasteiger partial charge in [0, 0.05) is 13.1 Å². The van der Waals surface area contributed by atoms with E-state index in [-0.39, 0.29) is 23.5 Å². The Kier molecular flexibility index (Phi) is 8.98. The number of rotatable bonds is 10. The zero-order valence-corrected chi connectivity index (χ0v) is 20.5. The molecule has 0 saturated carbocycles. The Balaban J connectivity index is 1.68. The molecule has 0 radical (unpaired) electrons. The quantitative estimate of drug-likeness (QED) is 0.363. The minimum atomic E-state index is -0.624. The molecule has 34 heavy (non-hydrogen) atoms. The van der Waals surface area contributed by atoms with Crippen molar-refractivity contribution >= 4 is 40.9 Å². The number of ether oxygens (including phenoxy) is 3. The van der Waals surface area contributed by atoms with Crippen LogP contribution in [-0.2, 0) is 19.1 Å². The van der Waals surface area contributed by atoms with Gasteiger partial charge in [0.2, 0.25) is 0 Å². The summed E-state index contributed by atoms with van der Waals surface area (Å²) < 4.78 is 16.5. The predicted molar refractivity (Wildman–Crippen MR) is 127 cm³/mol. The van der Waals surface area contributed by atoms with Crippen molar-refractivity contribution in [2.24, 2.45) is 0 Å². The molecule has 3 amide bonds. The fourth-order valence-corrected chi connectivity index (χ4v) is 4.30. The van der Waals surface area contributed by atoms with E-state index >= 15 is 0 Å². The van der Waals surface area contributed by atoms with Crippen molar-refractivity contribution in [3.05, 3.63) is 28.7 Å². The molecule has 0 aliphatic carbocycles. The summed E-state index contributed by atoms with van der Waals surface area (Å²) in [4.78, 5) is 52.2. The van der Waals surface area contributed by atoms with E-state index in [1.54, 1.807) is 36.1 Å². The number of nitrogens with zero attached hydrogens (tertiary/aromatic N) is 2. The van der Waals surface area contributed by atoms with Crippen LogP contribution in [0.2, 0.25) is 0 Å². The van der Waals surface area contributed by atoms with Crippen molar-refractivity contribution in [2.75, 3.05) is 32.8 Å². The Morgan fingerprint density at radius 2 is 1.85 bits per heavy atom. The van der Waals surface area contributed by atoms with Crippen LogP contribution >= 0.6 is 11.8 Å². The van der Waals surface area contributed by atoms with Crippen molar-refractivity contribution < 1.29 is 33.4 Å². The Labute approximate surface area is 203 Å². The van der Waals surface area contributed by atoms with E-state index in [0.29, 0.717) is 30.1 Å². The van der Waals surface area contributed by atoms with Crippen LogP contribution in [0, 0.1) is 0 Å². The first kappa shape index (κ1) is 25.6. The summed E-state index contributed by atoms with van der Waals surface area (Å²) in [6, 6.07) is 5.06. The number of benzene rings is 1. The first-order chi connectivity index (χ1) is 16.3. The van der Waals surface area contributed by atoms with Gasteiger partial charge >= 0.3 is 5.97 Å². The molecule has 2 aliphatic heterocycles. The lowest BCUT2D eigenvalue weighted by atomic mass is 10.2. The minimum absolute atomic E-state index is 0.0652. The number of imide groups is 1. The number of likely N-dealkylation sites (tertiary alicyclic amines) is 1. The molecule has 2 heterocycles. The minimum Gasteiger partial charge on any atom is -0.490 e. The van der Waals surface area contributed by atoms with E-state index < -0.39 is 23.7 Å². The molecule has 0 N–H and O–H groups in total. The Hall–Kier alpha value is -3.01. The molecule has 0 spiro atoms. The SMILES string of the molecule is CCOc1cc(/C=C2\SC(=O)N(CC(=O)O[C@H](C)CC)C2=O)ccc1OCC(=O)N1CCCC1. The normalized spacial score (nSPS) is 17.9. The number of hydrogen-bond donors (Lipinski definition) is 0. The molecule has 3 rings (SSSR count). The van der Waals surface area contributed by atoms with Crippen molar-refractivity contribution in [2.45, 2.75) is 46.1 Å². The van der Waals surface area contributed by atoms with Crippen LogP contribution in [-0.4, -0.2) is 71.8 Å². The molecule has 2 fully saturated rings. The molecular formula is C24H30N2O7S. The molecule has 184 valence electrons. The van der Waals surface area contributed by atoms with Gasteiger partial charge in [-0.3, -0.25) is 24.1 Å². The number of carbonyl (C=O) groups is 4. The van der Waals surface area contributed by atoms with Crippen molar-refractivity contribution in [3.63, 3.8) is 0 Å². The van der Waals surface area contributed by atoms with E-state index in [9.17, 15) is 19.2 Å². The second-order valence-electron chi connectivity index (χ2n) is 7.99. The molecule has 1 atom stereocenters. The maximum absolute atomic E-state index is 12.7. The van der Waals surface area contributed by atoms with Crippen LogP contribution in [0.25, 0.3) is 6.08 Å². The highest BCUT2D eigenvalue weighted by atomic mass is 32.2. The van der Waals surface area contributed by atoms with Gasteiger partial charge in [-0.1, -0.05) is 13.0 Å². The maximum atomic E-state index is 12.7. The largest absolute Gasteiger partial charge is 0.490 e. The van der Waals surface area contributed by atoms with Crippen LogP contribution in [0.5, 0.6) is 11.5 Å². The van der Waals surface area contributed by atoms with Crippen LogP contribution in [0.3, 0.4) is 0 Å². The lowest BCUT2D eigenvalue weighted by Gasteiger charge is -2.17. The summed E-state index contributed by atoms with van der Waals surface area (Å²) >= 11 is 0.763. The number of thioether (sulfide) groups is 1. The number of esters is 1. The smallest absolute Gasteiger partial charge is 0.326 e. The summed E-state index contributed by atoms with van der Waals surface area (Å²) in [5.74, 6) is -0.383. The molecule has 1 aromatic rings. The van der Waals surface area contributed by atoms with Crippen LogP contribution in [0.15, 0.2) is 23.1 Å². The van der Waals surface area contributed by atoms with Gasteiger partial charge in [-0.2, -0.15) is 0 Å². The Bertz CT molecular complexity index is 972. The molecule has 0 aromatic heterocycles. The summed E-state index contributed by atoms with van der Waals surface area (Å²) in [5, 5.41) is -0.525. The molecular weight excluding hydrogens is 460 g/mol.